The molecule has 170 valence electrons. The summed E-state index contributed by atoms with van der Waals surface area (Å²) in [5.74, 6) is -1.01. The van der Waals surface area contributed by atoms with Crippen molar-refractivity contribution < 1.29 is 24.2 Å². The van der Waals surface area contributed by atoms with Crippen molar-refractivity contribution in [2.24, 2.45) is 0 Å². The van der Waals surface area contributed by atoms with Crippen molar-refractivity contribution >= 4 is 22.8 Å². The Morgan fingerprint density at radius 3 is 2.82 bits per heavy atom. The quantitative estimate of drug-likeness (QED) is 0.465. The summed E-state index contributed by atoms with van der Waals surface area (Å²) >= 11 is 0. The maximum atomic E-state index is 13.5. The van der Waals surface area contributed by atoms with Gasteiger partial charge in [0.1, 0.15) is 12.4 Å². The SMILES string of the molecule is CCCCC(=O)O[C@]1(CC)C(=O)OCc2c1cc1n(c2=O)Cc2cc3cc(O)ccc3nc2-1. The van der Waals surface area contributed by atoms with Gasteiger partial charge in [-0.25, -0.2) is 9.78 Å². The molecule has 1 aromatic carbocycles. The highest BCUT2D eigenvalue weighted by atomic mass is 16.6. The number of aromatic hydroxyl groups is 1. The minimum Gasteiger partial charge on any atom is -0.508 e. The van der Waals surface area contributed by atoms with Crippen LogP contribution >= 0.6 is 0 Å². The van der Waals surface area contributed by atoms with Gasteiger partial charge in [0.05, 0.1) is 29.0 Å². The largest absolute Gasteiger partial charge is 0.508 e. The molecule has 0 saturated carbocycles. The number of benzene rings is 1. The van der Waals surface area contributed by atoms with Crippen LogP contribution in [0.2, 0.25) is 0 Å². The summed E-state index contributed by atoms with van der Waals surface area (Å²) in [6, 6.07) is 8.56. The second-order valence-electron chi connectivity index (χ2n) is 8.52. The minimum atomic E-state index is -1.65. The maximum Gasteiger partial charge on any atom is 0.355 e. The van der Waals surface area contributed by atoms with Crippen LogP contribution in [0.25, 0.3) is 22.3 Å². The number of cyclic esters (lactones) is 1. The zero-order valence-corrected chi connectivity index (χ0v) is 18.5. The van der Waals surface area contributed by atoms with Gasteiger partial charge in [-0.1, -0.05) is 20.3 Å². The number of ether oxygens (including phenoxy) is 2. The summed E-state index contributed by atoms with van der Waals surface area (Å²) in [5, 5.41) is 10.6. The Labute approximate surface area is 189 Å². The molecule has 0 saturated heterocycles. The van der Waals surface area contributed by atoms with Crippen LogP contribution in [0.15, 0.2) is 35.1 Å². The fourth-order valence-corrected chi connectivity index (χ4v) is 4.70. The van der Waals surface area contributed by atoms with Gasteiger partial charge in [-0.3, -0.25) is 9.59 Å². The van der Waals surface area contributed by atoms with Gasteiger partial charge >= 0.3 is 11.9 Å². The number of phenols is 1. The Bertz CT molecular complexity index is 1380. The molecule has 2 aliphatic rings. The third kappa shape index (κ3) is 3.20. The lowest BCUT2D eigenvalue weighted by molar-refractivity contribution is -0.189. The van der Waals surface area contributed by atoms with E-state index in [1.807, 2.05) is 13.0 Å². The molecule has 8 nitrogen and oxygen atoms in total. The van der Waals surface area contributed by atoms with E-state index in [0.717, 1.165) is 17.4 Å². The molecule has 2 aliphatic heterocycles. The van der Waals surface area contributed by atoms with E-state index < -0.39 is 17.5 Å². The second kappa shape index (κ2) is 7.72. The molecular weight excluding hydrogens is 424 g/mol. The van der Waals surface area contributed by atoms with E-state index in [0.29, 0.717) is 41.0 Å². The smallest absolute Gasteiger partial charge is 0.355 e. The van der Waals surface area contributed by atoms with Crippen LogP contribution in [0.1, 0.15) is 56.2 Å². The maximum absolute atomic E-state index is 13.5. The van der Waals surface area contributed by atoms with E-state index in [1.165, 1.54) is 0 Å². The number of fused-ring (bicyclic) bond motifs is 5. The minimum absolute atomic E-state index is 0.140. The average Bonchev–Trinajstić information content (AvgIpc) is 3.16. The van der Waals surface area contributed by atoms with E-state index in [1.54, 1.807) is 35.8 Å². The number of phenolic OH excluding ortho intramolecular Hbond substituents is 1. The van der Waals surface area contributed by atoms with Crippen molar-refractivity contribution in [2.75, 3.05) is 0 Å². The van der Waals surface area contributed by atoms with Crippen molar-refractivity contribution in [1.82, 2.24) is 9.55 Å². The number of unbranched alkanes of at least 4 members (excludes halogenated alkanes) is 1. The lowest BCUT2D eigenvalue weighted by Gasteiger charge is -2.35. The van der Waals surface area contributed by atoms with Gasteiger partial charge in [0, 0.05) is 22.9 Å². The Morgan fingerprint density at radius 2 is 2.06 bits per heavy atom. The van der Waals surface area contributed by atoms with Crippen LogP contribution in [0.4, 0.5) is 0 Å². The van der Waals surface area contributed by atoms with Crippen molar-refractivity contribution in [3.05, 3.63) is 57.4 Å². The summed E-state index contributed by atoms with van der Waals surface area (Å²) in [6.07, 6.45) is 1.80. The number of pyridine rings is 2. The van der Waals surface area contributed by atoms with Crippen LogP contribution in [-0.2, 0) is 37.8 Å². The molecule has 8 heteroatoms. The molecular formula is C25H24N2O6. The van der Waals surface area contributed by atoms with E-state index in [9.17, 15) is 19.5 Å². The van der Waals surface area contributed by atoms with Crippen molar-refractivity contribution in [2.45, 2.75) is 58.3 Å². The highest BCUT2D eigenvalue weighted by Crippen LogP contribution is 2.41. The summed E-state index contributed by atoms with van der Waals surface area (Å²) in [6.45, 7) is 3.85. The van der Waals surface area contributed by atoms with Gasteiger partial charge in [-0.05, 0) is 43.2 Å². The zero-order chi connectivity index (χ0) is 23.3. The van der Waals surface area contributed by atoms with Crippen LogP contribution in [0, 0.1) is 0 Å². The molecule has 1 N–H and O–H groups in total. The molecule has 0 radical (unpaired) electrons. The molecule has 4 heterocycles. The number of rotatable bonds is 5. The fourth-order valence-electron chi connectivity index (χ4n) is 4.70. The van der Waals surface area contributed by atoms with E-state index >= 15 is 0 Å². The predicted octanol–water partition coefficient (Wildman–Crippen LogP) is 3.53. The van der Waals surface area contributed by atoms with Crippen molar-refractivity contribution in [3.63, 3.8) is 0 Å². The molecule has 3 aromatic rings. The highest BCUT2D eigenvalue weighted by Gasteiger charge is 2.50. The topological polar surface area (TPSA) is 108 Å². The van der Waals surface area contributed by atoms with E-state index in [4.69, 9.17) is 14.5 Å². The lowest BCUT2D eigenvalue weighted by atomic mass is 9.85. The van der Waals surface area contributed by atoms with Gasteiger partial charge in [0.15, 0.2) is 0 Å². The number of hydrogen-bond donors (Lipinski definition) is 1. The van der Waals surface area contributed by atoms with Crippen LogP contribution in [0.5, 0.6) is 5.75 Å². The Morgan fingerprint density at radius 1 is 1.24 bits per heavy atom. The fraction of sp³-hybridized carbons (Fsp3) is 0.360. The molecule has 5 rings (SSSR count). The number of esters is 2. The van der Waals surface area contributed by atoms with Gasteiger partial charge in [0.25, 0.3) is 5.56 Å². The monoisotopic (exact) mass is 448 g/mol. The highest BCUT2D eigenvalue weighted by molar-refractivity contribution is 5.88. The third-order valence-electron chi connectivity index (χ3n) is 6.48. The second-order valence-corrected chi connectivity index (χ2v) is 8.52. The molecule has 33 heavy (non-hydrogen) atoms. The van der Waals surface area contributed by atoms with E-state index in [2.05, 4.69) is 0 Å². The molecule has 0 bridgehead atoms. The van der Waals surface area contributed by atoms with Crippen molar-refractivity contribution in [3.8, 4) is 17.1 Å². The first-order valence-electron chi connectivity index (χ1n) is 11.2. The van der Waals surface area contributed by atoms with Crippen LogP contribution in [0.3, 0.4) is 0 Å². The Balaban J connectivity index is 1.68. The summed E-state index contributed by atoms with van der Waals surface area (Å²) in [4.78, 5) is 43.7. The van der Waals surface area contributed by atoms with Gasteiger partial charge in [0.2, 0.25) is 5.60 Å². The first kappa shape index (κ1) is 21.2. The van der Waals surface area contributed by atoms with Gasteiger partial charge in [-0.2, -0.15) is 0 Å². The standard InChI is InChI=1S/C25H24N2O6/c1-3-5-6-21(29)33-25(4-2)18-11-20-22-15(9-14-10-16(28)7-8-19(14)26-22)12-27(20)23(30)17(18)13-32-24(25)31/h7-11,28H,3-6,12-13H2,1-2H3/t25-/m0/s1. The Hall–Kier alpha value is -3.68. The van der Waals surface area contributed by atoms with Crippen molar-refractivity contribution in [1.29, 1.82) is 0 Å². The van der Waals surface area contributed by atoms with Crippen LogP contribution in [-0.4, -0.2) is 26.6 Å². The third-order valence-corrected chi connectivity index (χ3v) is 6.48. The summed E-state index contributed by atoms with van der Waals surface area (Å²) < 4.78 is 12.7. The van der Waals surface area contributed by atoms with Gasteiger partial charge < -0.3 is 19.1 Å². The molecule has 0 unspecified atom stereocenters. The van der Waals surface area contributed by atoms with Crippen LogP contribution < -0.4 is 5.56 Å². The molecule has 0 fully saturated rings. The molecule has 0 amide bonds. The molecule has 0 spiro atoms. The molecule has 2 aromatic heterocycles. The first-order chi connectivity index (χ1) is 15.9. The molecule has 1 atom stereocenters. The molecule has 0 aliphatic carbocycles. The lowest BCUT2D eigenvalue weighted by Crippen LogP contribution is -2.47. The average molecular weight is 448 g/mol. The number of nitrogens with zero attached hydrogens (tertiary/aromatic N) is 2. The summed E-state index contributed by atoms with van der Waals surface area (Å²) in [7, 11) is 0. The summed E-state index contributed by atoms with van der Waals surface area (Å²) in [5.41, 5.74) is 1.47. The first-order valence-corrected chi connectivity index (χ1v) is 11.2. The number of aromatic nitrogens is 2. The number of carbonyl (C=O) groups excluding carboxylic acids is 2. The zero-order valence-electron chi connectivity index (χ0n) is 18.5. The van der Waals surface area contributed by atoms with Gasteiger partial charge in [-0.15, -0.1) is 0 Å². The van der Waals surface area contributed by atoms with E-state index in [-0.39, 0.29) is 30.8 Å². The Kier molecular flexibility index (Phi) is 4.96. The predicted molar refractivity (Wildman–Crippen MR) is 120 cm³/mol. The normalized spacial score (nSPS) is 18.4. The number of carbonyl (C=O) groups is 2. The number of hydrogen-bond acceptors (Lipinski definition) is 7.